The van der Waals surface area contributed by atoms with Gasteiger partial charge in [0.05, 0.1) is 17.8 Å². The summed E-state index contributed by atoms with van der Waals surface area (Å²) in [5, 5.41) is 13.7. The van der Waals surface area contributed by atoms with Gasteiger partial charge in [-0.2, -0.15) is 10.2 Å². The number of aromatic nitrogens is 2. The topological polar surface area (TPSA) is 99.9 Å². The summed E-state index contributed by atoms with van der Waals surface area (Å²) in [6.07, 6.45) is 1.68. The van der Waals surface area contributed by atoms with Crippen LogP contribution in [0.4, 0.5) is 15.0 Å². The molecule has 2 rings (SSSR count). The van der Waals surface area contributed by atoms with Crippen molar-refractivity contribution in [2.45, 2.75) is 20.0 Å². The number of urea groups is 1. The highest BCUT2D eigenvalue weighted by molar-refractivity contribution is 5.88. The number of ether oxygens (including phenoxy) is 1. The molecule has 24 heavy (non-hydrogen) atoms. The SMILES string of the molecule is CCCNC(=O)Nc1nc(OCc2cccc(C#N)c2)ncc1F. The number of nitrogens with one attached hydrogen (secondary N) is 2. The van der Waals surface area contributed by atoms with E-state index < -0.39 is 11.8 Å². The van der Waals surface area contributed by atoms with Crippen LogP contribution in [0.1, 0.15) is 24.5 Å². The maximum absolute atomic E-state index is 13.7. The first kappa shape index (κ1) is 17.1. The molecule has 2 amide bonds. The fourth-order valence-corrected chi connectivity index (χ4v) is 1.78. The number of hydrogen-bond acceptors (Lipinski definition) is 5. The van der Waals surface area contributed by atoms with Gasteiger partial charge in [0.25, 0.3) is 0 Å². The zero-order valence-electron chi connectivity index (χ0n) is 13.0. The van der Waals surface area contributed by atoms with Gasteiger partial charge < -0.3 is 10.1 Å². The molecule has 0 saturated carbocycles. The first-order chi connectivity index (χ1) is 11.6. The molecular weight excluding hydrogens is 313 g/mol. The highest BCUT2D eigenvalue weighted by atomic mass is 19.1. The molecule has 0 bridgehead atoms. The minimum absolute atomic E-state index is 0.0791. The summed E-state index contributed by atoms with van der Waals surface area (Å²) in [7, 11) is 0. The summed E-state index contributed by atoms with van der Waals surface area (Å²) < 4.78 is 19.0. The molecular formula is C16H16FN5O2. The fraction of sp³-hybridized carbons (Fsp3) is 0.250. The zero-order valence-corrected chi connectivity index (χ0v) is 13.0. The van der Waals surface area contributed by atoms with E-state index in [9.17, 15) is 9.18 Å². The van der Waals surface area contributed by atoms with Gasteiger partial charge in [-0.25, -0.2) is 14.2 Å². The minimum atomic E-state index is -0.763. The zero-order chi connectivity index (χ0) is 17.4. The first-order valence-corrected chi connectivity index (χ1v) is 7.31. The quantitative estimate of drug-likeness (QED) is 0.848. The Morgan fingerprint density at radius 1 is 1.46 bits per heavy atom. The van der Waals surface area contributed by atoms with Crippen molar-refractivity contribution in [1.82, 2.24) is 15.3 Å². The van der Waals surface area contributed by atoms with Crippen LogP contribution in [-0.4, -0.2) is 22.5 Å². The Morgan fingerprint density at radius 2 is 2.29 bits per heavy atom. The van der Waals surface area contributed by atoms with E-state index in [1.165, 1.54) is 0 Å². The van der Waals surface area contributed by atoms with Crippen molar-refractivity contribution >= 4 is 11.8 Å². The lowest BCUT2D eigenvalue weighted by atomic mass is 10.1. The molecule has 1 aromatic carbocycles. The Bertz CT molecular complexity index is 760. The Kier molecular flexibility index (Phi) is 6.02. The number of carbonyl (C=O) groups excluding carboxylic acids is 1. The number of benzene rings is 1. The smallest absolute Gasteiger partial charge is 0.320 e. The average molecular weight is 329 g/mol. The van der Waals surface area contributed by atoms with Crippen LogP contribution >= 0.6 is 0 Å². The number of halogens is 1. The number of nitrogens with zero attached hydrogens (tertiary/aromatic N) is 3. The third-order valence-electron chi connectivity index (χ3n) is 2.91. The van der Waals surface area contributed by atoms with Crippen LogP contribution in [0, 0.1) is 17.1 Å². The van der Waals surface area contributed by atoms with Gasteiger partial charge in [0.15, 0.2) is 11.6 Å². The molecule has 8 heteroatoms. The van der Waals surface area contributed by atoms with Gasteiger partial charge in [-0.15, -0.1) is 0 Å². The van der Waals surface area contributed by atoms with Crippen LogP contribution in [0.25, 0.3) is 0 Å². The number of hydrogen-bond donors (Lipinski definition) is 2. The van der Waals surface area contributed by atoms with Gasteiger partial charge in [0, 0.05) is 6.54 Å². The first-order valence-electron chi connectivity index (χ1n) is 7.31. The van der Waals surface area contributed by atoms with Crippen LogP contribution in [0.15, 0.2) is 30.5 Å². The highest BCUT2D eigenvalue weighted by Crippen LogP contribution is 2.14. The van der Waals surface area contributed by atoms with Crippen molar-refractivity contribution in [3.8, 4) is 12.1 Å². The summed E-state index contributed by atoms with van der Waals surface area (Å²) in [5.74, 6) is -1.03. The van der Waals surface area contributed by atoms with E-state index in [1.807, 2.05) is 13.0 Å². The van der Waals surface area contributed by atoms with E-state index >= 15 is 0 Å². The lowest BCUT2D eigenvalue weighted by Gasteiger charge is -2.09. The molecule has 0 aliphatic carbocycles. The largest absolute Gasteiger partial charge is 0.459 e. The predicted molar refractivity (Wildman–Crippen MR) is 84.8 cm³/mol. The van der Waals surface area contributed by atoms with Gasteiger partial charge in [0.2, 0.25) is 0 Å². The van der Waals surface area contributed by atoms with E-state index in [4.69, 9.17) is 10.00 Å². The third-order valence-corrected chi connectivity index (χ3v) is 2.91. The standard InChI is InChI=1S/C16H16FN5O2/c1-2-6-19-15(23)21-14-13(17)9-20-16(22-14)24-10-12-5-3-4-11(7-12)8-18/h3-5,7,9H,2,6,10H2,1H3,(H2,19,20,21,22,23). The van der Waals surface area contributed by atoms with Crippen LogP contribution in [0.3, 0.4) is 0 Å². The summed E-state index contributed by atoms with van der Waals surface area (Å²) >= 11 is 0. The lowest BCUT2D eigenvalue weighted by molar-refractivity contribution is 0.251. The van der Waals surface area contributed by atoms with Gasteiger partial charge in [-0.1, -0.05) is 19.1 Å². The number of rotatable bonds is 6. The molecule has 2 aromatic rings. The van der Waals surface area contributed by atoms with Crippen molar-refractivity contribution in [1.29, 1.82) is 5.26 Å². The minimum Gasteiger partial charge on any atom is -0.459 e. The third kappa shape index (κ3) is 4.91. The van der Waals surface area contributed by atoms with E-state index in [0.717, 1.165) is 18.2 Å². The molecule has 0 radical (unpaired) electrons. The van der Waals surface area contributed by atoms with Gasteiger partial charge in [0.1, 0.15) is 6.61 Å². The Morgan fingerprint density at radius 3 is 3.04 bits per heavy atom. The number of carbonyl (C=O) groups is 1. The lowest BCUT2D eigenvalue weighted by Crippen LogP contribution is -2.30. The second kappa shape index (κ2) is 8.43. The molecule has 0 saturated heterocycles. The Labute approximate surface area is 138 Å². The summed E-state index contributed by atoms with van der Waals surface area (Å²) in [4.78, 5) is 19.1. The highest BCUT2D eigenvalue weighted by Gasteiger charge is 2.11. The monoisotopic (exact) mass is 329 g/mol. The number of nitriles is 1. The maximum atomic E-state index is 13.7. The summed E-state index contributed by atoms with van der Waals surface area (Å²) in [5.41, 5.74) is 1.25. The van der Waals surface area contributed by atoms with E-state index in [2.05, 4.69) is 20.6 Å². The molecule has 124 valence electrons. The number of amides is 2. The molecule has 0 unspecified atom stereocenters. The molecule has 2 N–H and O–H groups in total. The molecule has 1 aromatic heterocycles. The van der Waals surface area contributed by atoms with Crippen molar-refractivity contribution in [2.75, 3.05) is 11.9 Å². The normalized spacial score (nSPS) is 9.88. The van der Waals surface area contributed by atoms with Gasteiger partial charge >= 0.3 is 12.0 Å². The van der Waals surface area contributed by atoms with Crippen LogP contribution in [0.2, 0.25) is 0 Å². The van der Waals surface area contributed by atoms with Crippen LogP contribution in [-0.2, 0) is 6.61 Å². The van der Waals surface area contributed by atoms with Gasteiger partial charge in [-0.05, 0) is 24.1 Å². The van der Waals surface area contributed by atoms with Crippen LogP contribution < -0.4 is 15.4 Å². The summed E-state index contributed by atoms with van der Waals surface area (Å²) in [6, 6.07) is 8.25. The van der Waals surface area contributed by atoms with E-state index in [-0.39, 0.29) is 18.4 Å². The van der Waals surface area contributed by atoms with Crippen molar-refractivity contribution in [3.05, 3.63) is 47.4 Å². The predicted octanol–water partition coefficient (Wildman–Crippen LogP) is 2.60. The average Bonchev–Trinajstić information content (AvgIpc) is 2.60. The molecule has 7 nitrogen and oxygen atoms in total. The van der Waals surface area contributed by atoms with Gasteiger partial charge in [-0.3, -0.25) is 5.32 Å². The molecule has 0 spiro atoms. The molecule has 0 fully saturated rings. The Hall–Kier alpha value is -3.21. The van der Waals surface area contributed by atoms with E-state index in [1.54, 1.807) is 24.3 Å². The summed E-state index contributed by atoms with van der Waals surface area (Å²) in [6.45, 7) is 2.48. The van der Waals surface area contributed by atoms with Crippen LogP contribution in [0.5, 0.6) is 6.01 Å². The molecule has 0 aliphatic heterocycles. The number of anilines is 1. The van der Waals surface area contributed by atoms with E-state index in [0.29, 0.717) is 12.1 Å². The Balaban J connectivity index is 2.02. The second-order valence-corrected chi connectivity index (χ2v) is 4.83. The molecule has 0 atom stereocenters. The van der Waals surface area contributed by atoms with Crippen molar-refractivity contribution in [2.24, 2.45) is 0 Å². The van der Waals surface area contributed by atoms with Crippen molar-refractivity contribution < 1.29 is 13.9 Å². The molecule has 1 heterocycles. The van der Waals surface area contributed by atoms with Crippen molar-refractivity contribution in [3.63, 3.8) is 0 Å². The fourth-order valence-electron chi connectivity index (χ4n) is 1.78. The second-order valence-electron chi connectivity index (χ2n) is 4.83. The molecule has 0 aliphatic rings. The maximum Gasteiger partial charge on any atom is 0.320 e.